The van der Waals surface area contributed by atoms with E-state index in [0.717, 1.165) is 0 Å². The zero-order chi connectivity index (χ0) is 10.3. The smallest absolute Gasteiger partial charge is 0.0967 e. The minimum absolute atomic E-state index is 0.0347. The summed E-state index contributed by atoms with van der Waals surface area (Å²) in [6.45, 7) is 0.358. The van der Waals surface area contributed by atoms with E-state index in [-0.39, 0.29) is 18.7 Å². The van der Waals surface area contributed by atoms with Gasteiger partial charge in [0.05, 0.1) is 24.9 Å². The van der Waals surface area contributed by atoms with Gasteiger partial charge in [-0.25, -0.2) is 0 Å². The number of hydrogen-bond acceptors (Lipinski definition) is 5. The van der Waals surface area contributed by atoms with Gasteiger partial charge in [-0.3, -0.25) is 4.90 Å². The van der Waals surface area contributed by atoms with Gasteiger partial charge >= 0.3 is 0 Å². The van der Waals surface area contributed by atoms with Gasteiger partial charge in [-0.15, -0.1) is 0 Å². The fourth-order valence-electron chi connectivity index (χ4n) is 2.61. The number of aliphatic hydroxyl groups is 4. The van der Waals surface area contributed by atoms with Crippen molar-refractivity contribution in [2.75, 3.05) is 13.2 Å². The zero-order valence-corrected chi connectivity index (χ0v) is 7.95. The standard InChI is InChI=1S/C9H17NO4/c11-4-5-1-6(12)2-7-9(14)8(13)3-10(5)7/h5-9,11-14H,1-4H2/t5-,6+,7+,8+,9+/m0/s1. The normalized spacial score (nSPS) is 49.3. The highest BCUT2D eigenvalue weighted by Crippen LogP contribution is 2.31. The molecule has 0 aromatic rings. The van der Waals surface area contributed by atoms with Crippen molar-refractivity contribution < 1.29 is 20.4 Å². The molecule has 0 radical (unpaired) electrons. The van der Waals surface area contributed by atoms with Gasteiger partial charge in [0, 0.05) is 18.6 Å². The average molecular weight is 203 g/mol. The van der Waals surface area contributed by atoms with Gasteiger partial charge in [-0.1, -0.05) is 0 Å². The summed E-state index contributed by atoms with van der Waals surface area (Å²) in [5, 5.41) is 37.8. The highest BCUT2D eigenvalue weighted by Gasteiger charge is 2.46. The van der Waals surface area contributed by atoms with Gasteiger partial charge in [0.15, 0.2) is 0 Å². The second-order valence-electron chi connectivity index (χ2n) is 4.28. The van der Waals surface area contributed by atoms with Crippen LogP contribution in [-0.2, 0) is 0 Å². The lowest BCUT2D eigenvalue weighted by atomic mass is 9.93. The summed E-state index contributed by atoms with van der Waals surface area (Å²) in [7, 11) is 0. The van der Waals surface area contributed by atoms with Crippen LogP contribution in [0.1, 0.15) is 12.8 Å². The van der Waals surface area contributed by atoms with Gasteiger partial charge in [-0.05, 0) is 12.8 Å². The van der Waals surface area contributed by atoms with E-state index in [2.05, 4.69) is 0 Å². The number of fused-ring (bicyclic) bond motifs is 1. The maximum atomic E-state index is 9.64. The van der Waals surface area contributed by atoms with Crippen LogP contribution in [0.15, 0.2) is 0 Å². The Labute approximate surface area is 82.6 Å². The highest BCUT2D eigenvalue weighted by atomic mass is 16.3. The predicted molar refractivity (Wildman–Crippen MR) is 48.6 cm³/mol. The Balaban J connectivity index is 2.12. The van der Waals surface area contributed by atoms with Crippen LogP contribution < -0.4 is 0 Å². The molecule has 14 heavy (non-hydrogen) atoms. The zero-order valence-electron chi connectivity index (χ0n) is 7.95. The highest BCUT2D eigenvalue weighted by molar-refractivity contribution is 5.00. The molecule has 4 N–H and O–H groups in total. The van der Waals surface area contributed by atoms with Crippen LogP contribution in [-0.4, -0.2) is 68.9 Å². The van der Waals surface area contributed by atoms with E-state index < -0.39 is 18.3 Å². The summed E-state index contributed by atoms with van der Waals surface area (Å²) >= 11 is 0. The lowest BCUT2D eigenvalue weighted by Gasteiger charge is -2.39. The average Bonchev–Trinajstić information content (AvgIpc) is 2.43. The summed E-state index contributed by atoms with van der Waals surface area (Å²) < 4.78 is 0. The van der Waals surface area contributed by atoms with Crippen molar-refractivity contribution in [1.82, 2.24) is 4.90 Å². The fraction of sp³-hybridized carbons (Fsp3) is 1.00. The molecule has 0 aromatic carbocycles. The van der Waals surface area contributed by atoms with Crippen molar-refractivity contribution in [2.45, 2.75) is 43.2 Å². The van der Waals surface area contributed by atoms with Crippen molar-refractivity contribution in [1.29, 1.82) is 0 Å². The second-order valence-corrected chi connectivity index (χ2v) is 4.28. The van der Waals surface area contributed by atoms with Gasteiger partial charge in [0.2, 0.25) is 0 Å². The summed E-state index contributed by atoms with van der Waals surface area (Å²) in [5.74, 6) is 0. The topological polar surface area (TPSA) is 84.2 Å². The van der Waals surface area contributed by atoms with Gasteiger partial charge in [-0.2, -0.15) is 0 Å². The molecule has 2 aliphatic heterocycles. The quantitative estimate of drug-likeness (QED) is 0.393. The van der Waals surface area contributed by atoms with Gasteiger partial charge in [0.1, 0.15) is 0 Å². The minimum atomic E-state index is -0.793. The maximum absolute atomic E-state index is 9.64. The molecule has 0 saturated carbocycles. The molecule has 0 bridgehead atoms. The molecule has 0 amide bonds. The molecule has 5 heteroatoms. The van der Waals surface area contributed by atoms with E-state index in [9.17, 15) is 15.3 Å². The molecule has 5 atom stereocenters. The van der Waals surface area contributed by atoms with Crippen molar-refractivity contribution >= 4 is 0 Å². The molecule has 0 aliphatic carbocycles. The summed E-state index contributed by atoms with van der Waals surface area (Å²) in [4.78, 5) is 1.90. The molecular formula is C9H17NO4. The molecule has 82 valence electrons. The number of nitrogens with zero attached hydrogens (tertiary/aromatic N) is 1. The lowest BCUT2D eigenvalue weighted by molar-refractivity contribution is -0.0295. The number of hydrogen-bond donors (Lipinski definition) is 4. The van der Waals surface area contributed by atoms with Crippen molar-refractivity contribution in [2.24, 2.45) is 0 Å². The van der Waals surface area contributed by atoms with Gasteiger partial charge < -0.3 is 20.4 Å². The second kappa shape index (κ2) is 3.75. The third-order valence-corrected chi connectivity index (χ3v) is 3.35. The number of rotatable bonds is 1. The first-order valence-corrected chi connectivity index (χ1v) is 5.04. The number of aliphatic hydroxyl groups excluding tert-OH is 4. The van der Waals surface area contributed by atoms with Crippen LogP contribution in [0.4, 0.5) is 0 Å². The molecule has 0 unspecified atom stereocenters. The van der Waals surface area contributed by atoms with Crippen molar-refractivity contribution in [3.05, 3.63) is 0 Å². The molecule has 2 fully saturated rings. The van der Waals surface area contributed by atoms with Crippen LogP contribution in [0.3, 0.4) is 0 Å². The van der Waals surface area contributed by atoms with E-state index in [1.807, 2.05) is 4.90 Å². The Bertz CT molecular complexity index is 211. The Hall–Kier alpha value is -0.200. The van der Waals surface area contributed by atoms with Crippen LogP contribution in [0.5, 0.6) is 0 Å². The SMILES string of the molecule is OC[C@@H]1C[C@@H](O)C[C@@H]2[C@@H](O)[C@H](O)CN12. The van der Waals surface area contributed by atoms with Crippen LogP contribution in [0.25, 0.3) is 0 Å². The first-order valence-electron chi connectivity index (χ1n) is 5.04. The largest absolute Gasteiger partial charge is 0.395 e. The van der Waals surface area contributed by atoms with E-state index in [1.165, 1.54) is 0 Å². The predicted octanol–water partition coefficient (Wildman–Crippen LogP) is -2.09. The molecule has 0 spiro atoms. The monoisotopic (exact) mass is 203 g/mol. The van der Waals surface area contributed by atoms with Crippen LogP contribution >= 0.6 is 0 Å². The lowest BCUT2D eigenvalue weighted by Crippen LogP contribution is -2.51. The summed E-state index contributed by atoms with van der Waals surface area (Å²) in [6.07, 6.45) is -1.02. The van der Waals surface area contributed by atoms with Crippen molar-refractivity contribution in [3.8, 4) is 0 Å². The first kappa shape index (κ1) is 10.3. The first-order chi connectivity index (χ1) is 6.63. The molecule has 0 aromatic heterocycles. The van der Waals surface area contributed by atoms with Crippen LogP contribution in [0, 0.1) is 0 Å². The van der Waals surface area contributed by atoms with E-state index in [1.54, 1.807) is 0 Å². The third-order valence-electron chi connectivity index (χ3n) is 3.35. The Morgan fingerprint density at radius 3 is 2.50 bits per heavy atom. The minimum Gasteiger partial charge on any atom is -0.395 e. The molecule has 2 rings (SSSR count). The fourth-order valence-corrected chi connectivity index (χ4v) is 2.61. The Kier molecular flexibility index (Phi) is 2.77. The van der Waals surface area contributed by atoms with Crippen LogP contribution in [0.2, 0.25) is 0 Å². The molecule has 5 nitrogen and oxygen atoms in total. The molecule has 2 saturated heterocycles. The number of piperidine rings is 1. The molecule has 2 heterocycles. The van der Waals surface area contributed by atoms with Crippen molar-refractivity contribution in [3.63, 3.8) is 0 Å². The molecular weight excluding hydrogens is 186 g/mol. The van der Waals surface area contributed by atoms with E-state index in [4.69, 9.17) is 5.11 Å². The Morgan fingerprint density at radius 1 is 1.14 bits per heavy atom. The van der Waals surface area contributed by atoms with Gasteiger partial charge in [0.25, 0.3) is 0 Å². The summed E-state index contributed by atoms with van der Waals surface area (Å²) in [6, 6.07) is -0.332. The Morgan fingerprint density at radius 2 is 1.86 bits per heavy atom. The summed E-state index contributed by atoms with van der Waals surface area (Å²) in [5.41, 5.74) is 0. The van der Waals surface area contributed by atoms with E-state index >= 15 is 0 Å². The maximum Gasteiger partial charge on any atom is 0.0967 e. The third kappa shape index (κ3) is 1.55. The van der Waals surface area contributed by atoms with E-state index in [0.29, 0.717) is 19.4 Å². The molecule has 2 aliphatic rings.